The minimum Gasteiger partial charge on any atom is -0.444 e. The number of rotatable bonds is 5. The molecule has 5 nitrogen and oxygen atoms in total. The molecule has 1 aliphatic heterocycles. The molecule has 0 aliphatic carbocycles. The Bertz CT molecular complexity index is 794. The smallest absolute Gasteiger partial charge is 0.411 e. The number of ether oxygens (including phenoxy) is 1. The summed E-state index contributed by atoms with van der Waals surface area (Å²) in [5.74, 6) is -0.190. The highest BCUT2D eigenvalue weighted by molar-refractivity contribution is 5.82. The molecular weight excluding hydrogens is 352 g/mol. The van der Waals surface area contributed by atoms with Gasteiger partial charge < -0.3 is 9.64 Å². The molecule has 3 rings (SSSR count). The molecule has 0 radical (unpaired) electrons. The zero-order valence-electron chi connectivity index (χ0n) is 16.7. The van der Waals surface area contributed by atoms with Crippen molar-refractivity contribution in [2.75, 3.05) is 6.67 Å². The molecule has 0 aromatic heterocycles. The van der Waals surface area contributed by atoms with Crippen molar-refractivity contribution in [2.45, 2.75) is 45.9 Å². The van der Waals surface area contributed by atoms with Crippen LogP contribution in [0.3, 0.4) is 0 Å². The van der Waals surface area contributed by atoms with Crippen LogP contribution in [-0.4, -0.2) is 34.5 Å². The maximum absolute atomic E-state index is 13.0. The Hall–Kier alpha value is -2.82. The fourth-order valence-corrected chi connectivity index (χ4v) is 3.83. The molecule has 1 heterocycles. The van der Waals surface area contributed by atoms with Crippen LogP contribution in [0, 0.1) is 5.92 Å². The van der Waals surface area contributed by atoms with Gasteiger partial charge in [0.2, 0.25) is 5.91 Å². The number of hydrogen-bond acceptors (Lipinski definition) is 3. The normalized spacial score (nSPS) is 20.8. The van der Waals surface area contributed by atoms with Gasteiger partial charge in [-0.05, 0) is 24.5 Å². The molecule has 2 amide bonds. The first-order valence-corrected chi connectivity index (χ1v) is 9.85. The average molecular weight is 380 g/mol. The third-order valence-electron chi connectivity index (χ3n) is 5.56. The van der Waals surface area contributed by atoms with E-state index >= 15 is 0 Å². The Morgan fingerprint density at radius 3 is 2.32 bits per heavy atom. The van der Waals surface area contributed by atoms with Crippen LogP contribution in [0.15, 0.2) is 60.7 Å². The van der Waals surface area contributed by atoms with Gasteiger partial charge >= 0.3 is 6.09 Å². The van der Waals surface area contributed by atoms with Gasteiger partial charge in [-0.15, -0.1) is 0 Å². The molecular formula is C23H28N2O3. The van der Waals surface area contributed by atoms with Crippen LogP contribution in [0.25, 0.3) is 0 Å². The van der Waals surface area contributed by atoms with E-state index in [1.54, 1.807) is 9.80 Å². The number of carbonyl (C=O) groups is 2. The van der Waals surface area contributed by atoms with Crippen molar-refractivity contribution in [3.63, 3.8) is 0 Å². The van der Waals surface area contributed by atoms with E-state index in [1.165, 1.54) is 0 Å². The first-order valence-electron chi connectivity index (χ1n) is 9.85. The molecule has 0 N–H and O–H groups in total. The molecule has 1 aliphatic rings. The summed E-state index contributed by atoms with van der Waals surface area (Å²) in [5.41, 5.74) is 2.00. The Labute approximate surface area is 166 Å². The Balaban J connectivity index is 1.76. The van der Waals surface area contributed by atoms with Gasteiger partial charge in [-0.25, -0.2) is 4.79 Å². The van der Waals surface area contributed by atoms with Gasteiger partial charge in [0.1, 0.15) is 6.61 Å². The Morgan fingerprint density at radius 2 is 1.71 bits per heavy atom. The van der Waals surface area contributed by atoms with Crippen molar-refractivity contribution in [1.82, 2.24) is 9.80 Å². The molecule has 28 heavy (non-hydrogen) atoms. The molecule has 0 unspecified atom stereocenters. The van der Waals surface area contributed by atoms with Crippen molar-refractivity contribution in [1.29, 1.82) is 0 Å². The first-order chi connectivity index (χ1) is 13.5. The maximum Gasteiger partial charge on any atom is 0.411 e. The monoisotopic (exact) mass is 380 g/mol. The predicted octanol–water partition coefficient (Wildman–Crippen LogP) is 4.60. The summed E-state index contributed by atoms with van der Waals surface area (Å²) in [4.78, 5) is 29.3. The van der Waals surface area contributed by atoms with Crippen molar-refractivity contribution in [2.24, 2.45) is 5.92 Å². The lowest BCUT2D eigenvalue weighted by atomic mass is 9.93. The molecule has 1 fully saturated rings. The van der Waals surface area contributed by atoms with Crippen LogP contribution in [0.5, 0.6) is 0 Å². The summed E-state index contributed by atoms with van der Waals surface area (Å²) >= 11 is 0. The van der Waals surface area contributed by atoms with Gasteiger partial charge in [0.05, 0.1) is 18.6 Å². The second-order valence-corrected chi connectivity index (χ2v) is 7.31. The second kappa shape index (κ2) is 8.91. The lowest BCUT2D eigenvalue weighted by Gasteiger charge is -2.46. The number of hydrogen-bond donors (Lipinski definition) is 0. The van der Waals surface area contributed by atoms with E-state index in [0.717, 1.165) is 11.1 Å². The highest BCUT2D eigenvalue weighted by atomic mass is 16.6. The number of nitrogens with zero attached hydrogens (tertiary/aromatic N) is 2. The van der Waals surface area contributed by atoms with Crippen LogP contribution in [-0.2, 0) is 16.1 Å². The first kappa shape index (κ1) is 19.9. The summed E-state index contributed by atoms with van der Waals surface area (Å²) < 4.78 is 5.57. The van der Waals surface area contributed by atoms with Crippen molar-refractivity contribution < 1.29 is 14.3 Å². The summed E-state index contributed by atoms with van der Waals surface area (Å²) in [5, 5.41) is 0. The fraction of sp³-hybridized carbons (Fsp3) is 0.391. The van der Waals surface area contributed by atoms with Gasteiger partial charge in [0.15, 0.2) is 0 Å². The van der Waals surface area contributed by atoms with Crippen LogP contribution >= 0.6 is 0 Å². The van der Waals surface area contributed by atoms with Gasteiger partial charge in [0, 0.05) is 6.04 Å². The fourth-order valence-electron chi connectivity index (χ4n) is 3.83. The van der Waals surface area contributed by atoms with E-state index in [0.29, 0.717) is 6.42 Å². The molecule has 5 heteroatoms. The van der Waals surface area contributed by atoms with Crippen molar-refractivity contribution in [3.8, 4) is 0 Å². The maximum atomic E-state index is 13.0. The molecule has 2 aromatic carbocycles. The van der Waals surface area contributed by atoms with Crippen molar-refractivity contribution >= 4 is 12.0 Å². The van der Waals surface area contributed by atoms with Crippen LogP contribution in [0.4, 0.5) is 4.79 Å². The van der Waals surface area contributed by atoms with E-state index in [4.69, 9.17) is 4.74 Å². The van der Waals surface area contributed by atoms with E-state index in [2.05, 4.69) is 0 Å². The molecule has 0 bridgehead atoms. The molecule has 3 atom stereocenters. The molecule has 0 saturated carbocycles. The standard InChI is InChI=1S/C23H28N2O3/c1-4-21-17(2)22(26)24(18(3)20-13-9-6-10-14-20)16-25(21)23(27)28-15-19-11-7-5-8-12-19/h5-14,17-18,21H,4,15-16H2,1-3H3/t17-,18-,21-/m0/s1. The lowest BCUT2D eigenvalue weighted by Crippen LogP contribution is -2.60. The molecule has 0 spiro atoms. The number of amides is 2. The Kier molecular flexibility index (Phi) is 6.34. The molecule has 148 valence electrons. The number of benzene rings is 2. The summed E-state index contributed by atoms with van der Waals surface area (Å²) in [7, 11) is 0. The quantitative estimate of drug-likeness (QED) is 0.762. The summed E-state index contributed by atoms with van der Waals surface area (Å²) in [6.45, 7) is 6.37. The predicted molar refractivity (Wildman–Crippen MR) is 108 cm³/mol. The zero-order valence-corrected chi connectivity index (χ0v) is 16.7. The van der Waals surface area contributed by atoms with Crippen LogP contribution in [0.1, 0.15) is 44.4 Å². The van der Waals surface area contributed by atoms with Gasteiger partial charge in [-0.2, -0.15) is 0 Å². The second-order valence-electron chi connectivity index (χ2n) is 7.31. The average Bonchev–Trinajstić information content (AvgIpc) is 2.74. The van der Waals surface area contributed by atoms with E-state index < -0.39 is 0 Å². The molecule has 1 saturated heterocycles. The van der Waals surface area contributed by atoms with E-state index in [9.17, 15) is 9.59 Å². The van der Waals surface area contributed by atoms with E-state index in [1.807, 2.05) is 81.4 Å². The van der Waals surface area contributed by atoms with Crippen molar-refractivity contribution in [3.05, 3.63) is 71.8 Å². The highest BCUT2D eigenvalue weighted by Gasteiger charge is 2.42. The third-order valence-corrected chi connectivity index (χ3v) is 5.56. The largest absolute Gasteiger partial charge is 0.444 e. The summed E-state index contributed by atoms with van der Waals surface area (Å²) in [6, 6.07) is 19.2. The Morgan fingerprint density at radius 1 is 1.11 bits per heavy atom. The van der Waals surface area contributed by atoms with Crippen LogP contribution in [0.2, 0.25) is 0 Å². The van der Waals surface area contributed by atoms with Gasteiger partial charge in [0.25, 0.3) is 0 Å². The minimum absolute atomic E-state index is 0.0790. The minimum atomic E-state index is -0.375. The summed E-state index contributed by atoms with van der Waals surface area (Å²) in [6.07, 6.45) is 0.335. The number of carbonyl (C=O) groups excluding carboxylic acids is 2. The molecule has 2 aromatic rings. The highest BCUT2D eigenvalue weighted by Crippen LogP contribution is 2.30. The third kappa shape index (κ3) is 4.19. The van der Waals surface area contributed by atoms with Gasteiger partial charge in [-0.3, -0.25) is 9.69 Å². The van der Waals surface area contributed by atoms with Gasteiger partial charge in [-0.1, -0.05) is 74.5 Å². The lowest BCUT2D eigenvalue weighted by molar-refractivity contribution is -0.149. The zero-order chi connectivity index (χ0) is 20.1. The topological polar surface area (TPSA) is 49.9 Å². The van der Waals surface area contributed by atoms with E-state index in [-0.39, 0.29) is 43.3 Å². The SMILES string of the molecule is CC[C@H]1[C@H](C)C(=O)N([C@@H](C)c2ccccc2)CN1C(=O)OCc1ccccc1. The van der Waals surface area contributed by atoms with Crippen LogP contribution < -0.4 is 0 Å².